The van der Waals surface area contributed by atoms with Gasteiger partial charge in [-0.3, -0.25) is 0 Å². The lowest BCUT2D eigenvalue weighted by Crippen LogP contribution is -2.31. The number of nitrogens with one attached hydrogen (secondary N) is 3. The molecule has 0 bridgehead atoms. The van der Waals surface area contributed by atoms with E-state index >= 15 is 0 Å². The summed E-state index contributed by atoms with van der Waals surface area (Å²) < 4.78 is 4.20. The van der Waals surface area contributed by atoms with Crippen molar-refractivity contribution in [3.05, 3.63) is 53.6 Å². The van der Waals surface area contributed by atoms with Crippen molar-refractivity contribution in [3.63, 3.8) is 0 Å². The standard InChI is InChI=1S/C26H34N8/c1-17(2)20-15-30-34-24(13-22(32-26(20)34)28-14-18-8-10-27-11-9-18)29-16-21-25(19-6-7-19)33-12-4-3-5-23(33)31-21/h3-5,12-13,15,17-19,27,29H,6-11,14,16H2,1-2H3,(H,28,32). The lowest BCUT2D eigenvalue weighted by atomic mass is 9.98. The zero-order valence-electron chi connectivity index (χ0n) is 20.1. The summed E-state index contributed by atoms with van der Waals surface area (Å²) in [5, 5.41) is 15.4. The molecule has 1 aliphatic carbocycles. The van der Waals surface area contributed by atoms with Crippen molar-refractivity contribution in [1.29, 1.82) is 0 Å². The topological polar surface area (TPSA) is 83.6 Å². The summed E-state index contributed by atoms with van der Waals surface area (Å²) in [7, 11) is 0. The first-order valence-corrected chi connectivity index (χ1v) is 12.7. The van der Waals surface area contributed by atoms with Crippen LogP contribution in [0.2, 0.25) is 0 Å². The molecule has 8 heteroatoms. The fourth-order valence-corrected chi connectivity index (χ4v) is 5.10. The Morgan fingerprint density at radius 2 is 1.94 bits per heavy atom. The fraction of sp³-hybridized carbons (Fsp3) is 0.500. The van der Waals surface area contributed by atoms with Crippen LogP contribution >= 0.6 is 0 Å². The summed E-state index contributed by atoms with van der Waals surface area (Å²) >= 11 is 0. The van der Waals surface area contributed by atoms with Gasteiger partial charge in [-0.1, -0.05) is 19.9 Å². The molecule has 1 aliphatic heterocycles. The van der Waals surface area contributed by atoms with Gasteiger partial charge < -0.3 is 20.4 Å². The number of anilines is 2. The molecule has 0 aromatic carbocycles. The van der Waals surface area contributed by atoms with Gasteiger partial charge in [0.05, 0.1) is 24.1 Å². The van der Waals surface area contributed by atoms with Crippen molar-refractivity contribution in [2.24, 2.45) is 5.92 Å². The Kier molecular flexibility index (Phi) is 5.61. The molecule has 5 heterocycles. The summed E-state index contributed by atoms with van der Waals surface area (Å²) in [5.74, 6) is 3.52. The van der Waals surface area contributed by atoms with Gasteiger partial charge in [0, 0.05) is 30.3 Å². The molecule has 0 radical (unpaired) electrons. The number of hydrogen-bond donors (Lipinski definition) is 3. The lowest BCUT2D eigenvalue weighted by molar-refractivity contribution is 0.389. The van der Waals surface area contributed by atoms with E-state index in [4.69, 9.17) is 9.97 Å². The third-order valence-corrected chi connectivity index (χ3v) is 7.20. The van der Waals surface area contributed by atoms with Crippen molar-refractivity contribution in [1.82, 2.24) is 29.3 Å². The predicted octanol–water partition coefficient (Wildman–Crippen LogP) is 4.40. The molecular formula is C26H34N8. The van der Waals surface area contributed by atoms with Crippen LogP contribution in [0, 0.1) is 5.92 Å². The Hall–Kier alpha value is -3.13. The molecule has 34 heavy (non-hydrogen) atoms. The molecule has 0 atom stereocenters. The first kappa shape index (κ1) is 21.4. The fourth-order valence-electron chi connectivity index (χ4n) is 5.10. The average Bonchev–Trinajstić information content (AvgIpc) is 3.48. The molecular weight excluding hydrogens is 424 g/mol. The first-order valence-electron chi connectivity index (χ1n) is 12.7. The lowest BCUT2D eigenvalue weighted by Gasteiger charge is -2.23. The number of pyridine rings is 1. The Balaban J connectivity index is 1.30. The number of hydrogen-bond acceptors (Lipinski definition) is 6. The van der Waals surface area contributed by atoms with Gasteiger partial charge in [-0.25, -0.2) is 9.97 Å². The molecule has 1 saturated heterocycles. The van der Waals surface area contributed by atoms with Crippen LogP contribution in [0.4, 0.5) is 11.6 Å². The molecule has 0 unspecified atom stereocenters. The van der Waals surface area contributed by atoms with Gasteiger partial charge in [-0.2, -0.15) is 9.61 Å². The minimum Gasteiger partial charge on any atom is -0.370 e. The monoisotopic (exact) mass is 458 g/mol. The summed E-state index contributed by atoms with van der Waals surface area (Å²) in [6.07, 6.45) is 9.00. The quantitative estimate of drug-likeness (QED) is 0.363. The molecule has 178 valence electrons. The van der Waals surface area contributed by atoms with E-state index in [2.05, 4.69) is 69.8 Å². The number of rotatable bonds is 8. The molecule has 2 aliphatic rings. The van der Waals surface area contributed by atoms with Gasteiger partial charge in [0.2, 0.25) is 0 Å². The Morgan fingerprint density at radius 1 is 1.09 bits per heavy atom. The van der Waals surface area contributed by atoms with Gasteiger partial charge in [0.1, 0.15) is 17.3 Å². The molecule has 3 N–H and O–H groups in total. The minimum atomic E-state index is 0.359. The largest absolute Gasteiger partial charge is 0.370 e. The minimum absolute atomic E-state index is 0.359. The van der Waals surface area contributed by atoms with Crippen LogP contribution < -0.4 is 16.0 Å². The van der Waals surface area contributed by atoms with E-state index in [1.165, 1.54) is 36.9 Å². The second-order valence-corrected chi connectivity index (χ2v) is 10.1. The van der Waals surface area contributed by atoms with E-state index in [0.29, 0.717) is 24.3 Å². The second kappa shape index (κ2) is 8.91. The van der Waals surface area contributed by atoms with E-state index < -0.39 is 0 Å². The van der Waals surface area contributed by atoms with E-state index in [-0.39, 0.29) is 0 Å². The highest BCUT2D eigenvalue weighted by Gasteiger charge is 2.30. The maximum Gasteiger partial charge on any atom is 0.163 e. The van der Waals surface area contributed by atoms with Gasteiger partial charge in [-0.05, 0) is 62.7 Å². The Morgan fingerprint density at radius 3 is 2.74 bits per heavy atom. The van der Waals surface area contributed by atoms with Gasteiger partial charge in [0.15, 0.2) is 5.65 Å². The third-order valence-electron chi connectivity index (χ3n) is 7.20. The molecule has 1 saturated carbocycles. The van der Waals surface area contributed by atoms with Gasteiger partial charge in [0.25, 0.3) is 0 Å². The summed E-state index contributed by atoms with van der Waals surface area (Å²) in [5.41, 5.74) is 5.58. The van der Waals surface area contributed by atoms with Crippen LogP contribution in [-0.4, -0.2) is 43.6 Å². The second-order valence-electron chi connectivity index (χ2n) is 10.1. The van der Waals surface area contributed by atoms with E-state index in [9.17, 15) is 0 Å². The van der Waals surface area contributed by atoms with Crippen molar-refractivity contribution in [3.8, 4) is 0 Å². The van der Waals surface area contributed by atoms with Crippen molar-refractivity contribution in [2.75, 3.05) is 30.3 Å². The molecule has 4 aromatic rings. The summed E-state index contributed by atoms with van der Waals surface area (Å²) in [6.45, 7) is 8.21. The van der Waals surface area contributed by atoms with E-state index in [0.717, 1.165) is 48.3 Å². The van der Waals surface area contributed by atoms with Crippen molar-refractivity contribution in [2.45, 2.75) is 57.9 Å². The molecule has 2 fully saturated rings. The first-order chi connectivity index (χ1) is 16.7. The van der Waals surface area contributed by atoms with Crippen LogP contribution in [0.3, 0.4) is 0 Å². The third kappa shape index (κ3) is 4.11. The SMILES string of the molecule is CC(C)c1cnn2c(NCc3nc4ccccn4c3C3CC3)cc(NCC3CCNCC3)nc12. The average molecular weight is 459 g/mol. The Labute approximate surface area is 200 Å². The number of fused-ring (bicyclic) bond motifs is 2. The maximum absolute atomic E-state index is 4.96. The highest BCUT2D eigenvalue weighted by atomic mass is 15.3. The normalized spacial score (nSPS) is 17.1. The van der Waals surface area contributed by atoms with Crippen LogP contribution in [-0.2, 0) is 6.54 Å². The predicted molar refractivity (Wildman–Crippen MR) is 136 cm³/mol. The maximum atomic E-state index is 4.96. The molecule has 0 amide bonds. The molecule has 0 spiro atoms. The van der Waals surface area contributed by atoms with Crippen molar-refractivity contribution >= 4 is 22.9 Å². The molecule has 6 rings (SSSR count). The molecule has 4 aromatic heterocycles. The van der Waals surface area contributed by atoms with E-state index in [1.54, 1.807) is 0 Å². The van der Waals surface area contributed by atoms with Gasteiger partial charge in [-0.15, -0.1) is 0 Å². The number of nitrogens with zero attached hydrogens (tertiary/aromatic N) is 5. The molecule has 8 nitrogen and oxygen atoms in total. The number of aromatic nitrogens is 5. The number of imidazole rings is 1. The zero-order chi connectivity index (χ0) is 23.1. The summed E-state index contributed by atoms with van der Waals surface area (Å²) in [4.78, 5) is 9.92. The van der Waals surface area contributed by atoms with Crippen LogP contribution in [0.1, 0.15) is 68.3 Å². The van der Waals surface area contributed by atoms with Gasteiger partial charge >= 0.3 is 0 Å². The van der Waals surface area contributed by atoms with Crippen LogP contribution in [0.25, 0.3) is 11.3 Å². The summed E-state index contributed by atoms with van der Waals surface area (Å²) in [6, 6.07) is 8.32. The van der Waals surface area contributed by atoms with Crippen molar-refractivity contribution < 1.29 is 0 Å². The Bertz CT molecular complexity index is 1290. The highest BCUT2D eigenvalue weighted by molar-refractivity contribution is 5.61. The van der Waals surface area contributed by atoms with Crippen LogP contribution in [0.5, 0.6) is 0 Å². The number of piperidine rings is 1. The van der Waals surface area contributed by atoms with Crippen LogP contribution in [0.15, 0.2) is 36.7 Å². The highest BCUT2D eigenvalue weighted by Crippen LogP contribution is 2.42. The van der Waals surface area contributed by atoms with E-state index in [1.807, 2.05) is 10.7 Å². The zero-order valence-corrected chi connectivity index (χ0v) is 20.1. The smallest absolute Gasteiger partial charge is 0.163 e.